The molecule has 0 saturated carbocycles. The third-order valence-electron chi connectivity index (χ3n) is 0.578. The summed E-state index contributed by atoms with van der Waals surface area (Å²) in [5.74, 6) is 0.242. The Bertz CT molecular complexity index is 128. The van der Waals surface area contributed by atoms with Gasteiger partial charge in [0.1, 0.15) is 11.9 Å². The van der Waals surface area contributed by atoms with E-state index < -0.39 is 0 Å². The molecule has 0 aliphatic carbocycles. The molecule has 0 bridgehead atoms. The first-order valence-electron chi connectivity index (χ1n) is 2.70. The summed E-state index contributed by atoms with van der Waals surface area (Å²) in [5.41, 5.74) is 0. The molecule has 0 N–H and O–H groups in total. The molecule has 0 radical (unpaired) electrons. The van der Waals surface area contributed by atoms with Crippen molar-refractivity contribution < 1.29 is 19.1 Å². The lowest BCUT2D eigenvalue weighted by Gasteiger charge is -1.99. The van der Waals surface area contributed by atoms with Gasteiger partial charge in [-0.3, -0.25) is 9.59 Å². The molecule has 11 heavy (non-hydrogen) atoms. The fourth-order valence-corrected chi connectivity index (χ4v) is 1.41. The highest BCUT2D eigenvalue weighted by molar-refractivity contribution is 8.76. The predicted molar refractivity (Wildman–Crippen MR) is 43.8 cm³/mol. The molecule has 0 aliphatic rings. The van der Waals surface area contributed by atoms with Crippen molar-refractivity contribution in [3.05, 3.63) is 0 Å². The maximum Gasteiger partial charge on any atom is 0.303 e. The molecule has 6 heteroatoms. The van der Waals surface area contributed by atoms with Gasteiger partial charge in [0.2, 0.25) is 0 Å². The maximum absolute atomic E-state index is 10.2. The topological polar surface area (TPSA) is 52.6 Å². The molecule has 0 fully saturated rings. The molecular weight excluding hydrogens is 188 g/mol. The second-order valence-corrected chi connectivity index (χ2v) is 3.73. The average Bonchev–Trinajstić information content (AvgIpc) is 1.96. The van der Waals surface area contributed by atoms with Gasteiger partial charge < -0.3 is 9.47 Å². The smallest absolute Gasteiger partial charge is 0.303 e. The van der Waals surface area contributed by atoms with Crippen LogP contribution in [-0.4, -0.2) is 24.3 Å². The third kappa shape index (κ3) is 9.64. The van der Waals surface area contributed by atoms with E-state index in [1.807, 2.05) is 0 Å². The Kier molecular flexibility index (Phi) is 7.49. The molecule has 0 aromatic carbocycles. The van der Waals surface area contributed by atoms with Crippen LogP contribution in [0.3, 0.4) is 0 Å². The number of hydrogen-bond acceptors (Lipinski definition) is 6. The normalized spacial score (nSPS) is 8.82. The van der Waals surface area contributed by atoms with Crippen LogP contribution in [-0.2, 0) is 19.1 Å². The van der Waals surface area contributed by atoms with Crippen LogP contribution in [0.4, 0.5) is 0 Å². The van der Waals surface area contributed by atoms with Gasteiger partial charge in [-0.25, -0.2) is 0 Å². The zero-order chi connectivity index (χ0) is 8.53. The summed E-state index contributed by atoms with van der Waals surface area (Å²) in [6, 6.07) is 0. The van der Waals surface area contributed by atoms with Gasteiger partial charge in [0, 0.05) is 6.92 Å². The van der Waals surface area contributed by atoms with E-state index in [1.165, 1.54) is 28.5 Å². The van der Waals surface area contributed by atoms with Crippen LogP contribution < -0.4 is 0 Å². The van der Waals surface area contributed by atoms with Gasteiger partial charge in [-0.2, -0.15) is 0 Å². The van der Waals surface area contributed by atoms with Crippen molar-refractivity contribution in [2.24, 2.45) is 0 Å². The predicted octanol–water partition coefficient (Wildman–Crippen LogP) is 1.02. The van der Waals surface area contributed by atoms with Crippen molar-refractivity contribution in [2.75, 3.05) is 11.9 Å². The summed E-state index contributed by atoms with van der Waals surface area (Å²) in [6.45, 7) is 1.71. The second-order valence-electron chi connectivity index (χ2n) is 1.37. The minimum Gasteiger partial charge on any atom is -0.456 e. The molecule has 0 aliphatic heterocycles. The molecule has 64 valence electrons. The van der Waals surface area contributed by atoms with Crippen molar-refractivity contribution in [3.63, 3.8) is 0 Å². The number of carbonyl (C=O) groups excluding carboxylic acids is 2. The Morgan fingerprint density at radius 2 is 2.09 bits per heavy atom. The van der Waals surface area contributed by atoms with Crippen LogP contribution in [0, 0.1) is 0 Å². The minimum absolute atomic E-state index is 0.273. The molecular formula is C5H8O4S2. The largest absolute Gasteiger partial charge is 0.456 e. The summed E-state index contributed by atoms with van der Waals surface area (Å²) >= 11 is 0. The monoisotopic (exact) mass is 196 g/mol. The van der Waals surface area contributed by atoms with E-state index in [0.29, 0.717) is 6.47 Å². The fourth-order valence-electron chi connectivity index (χ4n) is 0.231. The van der Waals surface area contributed by atoms with Gasteiger partial charge in [-0.15, -0.1) is 0 Å². The average molecular weight is 196 g/mol. The van der Waals surface area contributed by atoms with Crippen LogP contribution in [0.2, 0.25) is 0 Å². The summed E-state index contributed by atoms with van der Waals surface area (Å²) in [7, 11) is 2.62. The maximum atomic E-state index is 10.2. The van der Waals surface area contributed by atoms with Gasteiger partial charge in [-0.1, -0.05) is 0 Å². The molecule has 0 aromatic heterocycles. The zero-order valence-corrected chi connectivity index (χ0v) is 7.57. The summed E-state index contributed by atoms with van der Waals surface area (Å²) in [4.78, 5) is 19.8. The van der Waals surface area contributed by atoms with Gasteiger partial charge in [0.25, 0.3) is 6.47 Å². The SMILES string of the molecule is CC(=O)OCSSCOC=O. The van der Waals surface area contributed by atoms with Crippen molar-refractivity contribution in [3.8, 4) is 0 Å². The van der Waals surface area contributed by atoms with E-state index in [9.17, 15) is 9.59 Å². The molecule has 0 saturated heterocycles. The second kappa shape index (κ2) is 7.74. The fraction of sp³-hybridized carbons (Fsp3) is 0.600. The molecule has 0 unspecified atom stereocenters. The Hall–Kier alpha value is -0.360. The van der Waals surface area contributed by atoms with Crippen LogP contribution in [0.5, 0.6) is 0 Å². The summed E-state index contributed by atoms with van der Waals surface area (Å²) in [6.07, 6.45) is 0. The Labute approximate surface area is 72.4 Å². The van der Waals surface area contributed by atoms with Crippen molar-refractivity contribution >= 4 is 34.0 Å². The number of hydrogen-bond donors (Lipinski definition) is 0. The van der Waals surface area contributed by atoms with Crippen LogP contribution in [0.1, 0.15) is 6.92 Å². The molecule has 0 spiro atoms. The van der Waals surface area contributed by atoms with Gasteiger partial charge in [0.15, 0.2) is 0 Å². The number of esters is 1. The Morgan fingerprint density at radius 1 is 1.45 bits per heavy atom. The lowest BCUT2D eigenvalue weighted by Crippen LogP contribution is -1.96. The molecule has 0 atom stereocenters. The Morgan fingerprint density at radius 3 is 2.64 bits per heavy atom. The number of ether oxygens (including phenoxy) is 2. The lowest BCUT2D eigenvalue weighted by atomic mass is 10.8. The summed E-state index contributed by atoms with van der Waals surface area (Å²) < 4.78 is 8.94. The molecule has 0 heterocycles. The lowest BCUT2D eigenvalue weighted by molar-refractivity contribution is -0.138. The van der Waals surface area contributed by atoms with E-state index in [-0.39, 0.29) is 17.8 Å². The van der Waals surface area contributed by atoms with Crippen LogP contribution >= 0.6 is 21.6 Å². The zero-order valence-electron chi connectivity index (χ0n) is 5.94. The van der Waals surface area contributed by atoms with E-state index >= 15 is 0 Å². The highest BCUT2D eigenvalue weighted by atomic mass is 33.1. The molecule has 0 aromatic rings. The molecule has 0 amide bonds. The van der Waals surface area contributed by atoms with Crippen molar-refractivity contribution in [2.45, 2.75) is 6.92 Å². The first-order valence-corrected chi connectivity index (χ1v) is 5.19. The summed E-state index contributed by atoms with van der Waals surface area (Å²) in [5, 5.41) is 0. The van der Waals surface area contributed by atoms with E-state index in [2.05, 4.69) is 9.47 Å². The van der Waals surface area contributed by atoms with E-state index in [1.54, 1.807) is 0 Å². The molecule has 0 rings (SSSR count). The van der Waals surface area contributed by atoms with Crippen LogP contribution in [0.15, 0.2) is 0 Å². The quantitative estimate of drug-likeness (QED) is 0.208. The first kappa shape index (κ1) is 10.6. The van der Waals surface area contributed by atoms with Crippen LogP contribution in [0.25, 0.3) is 0 Å². The standard InChI is InChI=1S/C5H8O4S2/c1-5(7)9-4-11-10-3-8-2-6/h2H,3-4H2,1H3. The minimum atomic E-state index is -0.311. The Balaban J connectivity index is 2.90. The third-order valence-corrected chi connectivity index (χ3v) is 2.27. The highest BCUT2D eigenvalue weighted by Crippen LogP contribution is 2.20. The first-order chi connectivity index (χ1) is 5.27. The van der Waals surface area contributed by atoms with Crippen molar-refractivity contribution in [1.82, 2.24) is 0 Å². The highest BCUT2D eigenvalue weighted by Gasteiger charge is 1.92. The number of carbonyl (C=O) groups is 2. The van der Waals surface area contributed by atoms with Crippen molar-refractivity contribution in [1.29, 1.82) is 0 Å². The van der Waals surface area contributed by atoms with E-state index in [0.717, 1.165) is 0 Å². The number of rotatable bonds is 6. The van der Waals surface area contributed by atoms with Gasteiger partial charge in [0.05, 0.1) is 0 Å². The van der Waals surface area contributed by atoms with Gasteiger partial charge in [-0.05, 0) is 21.6 Å². The van der Waals surface area contributed by atoms with Gasteiger partial charge >= 0.3 is 5.97 Å². The van der Waals surface area contributed by atoms with E-state index in [4.69, 9.17) is 0 Å². The molecule has 4 nitrogen and oxygen atoms in total.